The topological polar surface area (TPSA) is 73.9 Å². The number of amides is 1. The van der Waals surface area contributed by atoms with Crippen LogP contribution in [0.3, 0.4) is 0 Å². The quantitative estimate of drug-likeness (QED) is 0.453. The van der Waals surface area contributed by atoms with Crippen molar-refractivity contribution in [3.05, 3.63) is 59.8 Å². The molecule has 10 heteroatoms. The molecule has 0 spiro atoms. The highest BCUT2D eigenvalue weighted by Gasteiger charge is 2.67. The van der Waals surface area contributed by atoms with E-state index in [4.69, 9.17) is 0 Å². The van der Waals surface area contributed by atoms with Crippen LogP contribution in [0.5, 0.6) is 0 Å². The Kier molecular flexibility index (Phi) is 6.62. The molecule has 4 rings (SSSR count). The second-order valence-electron chi connectivity index (χ2n) is 9.19. The number of benzene rings is 1. The van der Waals surface area contributed by atoms with E-state index in [0.717, 1.165) is 0 Å². The summed E-state index contributed by atoms with van der Waals surface area (Å²) in [5, 5.41) is 9.74. The minimum atomic E-state index is -4.40. The molecule has 1 saturated carbocycles. The SMILES string of the molecule is CN(C)[C@H](CNC(=O)C[C@H](c1cccnc1)C1(C(F)(F)F)CC1)Cc1ccc2[nH]ncc2c1F. The molecule has 2 atom stereocenters. The molecule has 6 nitrogen and oxygen atoms in total. The molecule has 3 aromatic rings. The van der Waals surface area contributed by atoms with Crippen LogP contribution >= 0.6 is 0 Å². The largest absolute Gasteiger partial charge is 0.395 e. The molecule has 1 fully saturated rings. The normalized spacial score (nSPS) is 17.0. The molecule has 0 saturated heterocycles. The fraction of sp³-hybridized carbons (Fsp3) is 0.458. The molecule has 0 aliphatic heterocycles. The lowest BCUT2D eigenvalue weighted by molar-refractivity contribution is -0.194. The van der Waals surface area contributed by atoms with Gasteiger partial charge in [-0.1, -0.05) is 12.1 Å². The number of aromatic amines is 1. The fourth-order valence-corrected chi connectivity index (χ4v) is 4.54. The number of halogens is 4. The van der Waals surface area contributed by atoms with Gasteiger partial charge in [-0.2, -0.15) is 18.3 Å². The standard InChI is InChI=1S/C24H27F4N5O/c1-33(2)17(10-15-5-6-20-18(22(15)25)14-31-32-20)13-30-21(34)11-19(16-4-3-9-29-12-16)23(7-8-23)24(26,27)28/h3-6,9,12,14,17,19H,7-8,10-11,13H2,1-2H3,(H,30,34)(H,31,32)/t17-,19+/m0/s1. The highest BCUT2D eigenvalue weighted by atomic mass is 19.4. The zero-order chi connectivity index (χ0) is 24.5. The maximum absolute atomic E-state index is 14.9. The van der Waals surface area contributed by atoms with Gasteiger partial charge in [0.25, 0.3) is 0 Å². The van der Waals surface area contributed by atoms with Crippen molar-refractivity contribution in [2.75, 3.05) is 20.6 Å². The van der Waals surface area contributed by atoms with Crippen molar-refractivity contribution in [2.45, 2.75) is 43.8 Å². The van der Waals surface area contributed by atoms with E-state index in [1.165, 1.54) is 18.6 Å². The van der Waals surface area contributed by atoms with Gasteiger partial charge in [0.15, 0.2) is 0 Å². The Morgan fingerprint density at radius 1 is 1.24 bits per heavy atom. The Hall–Kier alpha value is -3.01. The van der Waals surface area contributed by atoms with Crippen molar-refractivity contribution in [3.63, 3.8) is 0 Å². The first-order valence-corrected chi connectivity index (χ1v) is 11.1. The summed E-state index contributed by atoms with van der Waals surface area (Å²) >= 11 is 0. The number of alkyl halides is 3. The Labute approximate surface area is 194 Å². The number of pyridine rings is 1. The predicted octanol–water partition coefficient (Wildman–Crippen LogP) is 4.20. The first kappa shape index (κ1) is 24.1. The molecule has 1 aromatic carbocycles. The van der Waals surface area contributed by atoms with Crippen molar-refractivity contribution in [3.8, 4) is 0 Å². The van der Waals surface area contributed by atoms with Crippen molar-refractivity contribution in [2.24, 2.45) is 5.41 Å². The zero-order valence-corrected chi connectivity index (χ0v) is 19.0. The molecule has 1 aliphatic carbocycles. The summed E-state index contributed by atoms with van der Waals surface area (Å²) in [4.78, 5) is 18.6. The lowest BCUT2D eigenvalue weighted by Crippen LogP contribution is -2.43. The zero-order valence-electron chi connectivity index (χ0n) is 19.0. The van der Waals surface area contributed by atoms with E-state index in [1.54, 1.807) is 24.3 Å². The van der Waals surface area contributed by atoms with E-state index in [1.807, 2.05) is 19.0 Å². The van der Waals surface area contributed by atoms with Gasteiger partial charge in [0.1, 0.15) is 5.82 Å². The van der Waals surface area contributed by atoms with Gasteiger partial charge in [0, 0.05) is 37.3 Å². The second-order valence-corrected chi connectivity index (χ2v) is 9.19. The Morgan fingerprint density at radius 2 is 2.00 bits per heavy atom. The summed E-state index contributed by atoms with van der Waals surface area (Å²) in [6, 6.07) is 6.34. The minimum absolute atomic E-state index is 0.000566. The molecule has 2 heterocycles. The van der Waals surface area contributed by atoms with Crippen LogP contribution in [-0.2, 0) is 11.2 Å². The summed E-state index contributed by atoms with van der Waals surface area (Å²) < 4.78 is 56.5. The minimum Gasteiger partial charge on any atom is -0.355 e. The van der Waals surface area contributed by atoms with Crippen LogP contribution in [-0.4, -0.2) is 58.8 Å². The number of nitrogens with zero attached hydrogens (tertiary/aromatic N) is 3. The monoisotopic (exact) mass is 477 g/mol. The Bertz CT molecular complexity index is 1140. The molecule has 2 aromatic heterocycles. The van der Waals surface area contributed by atoms with Gasteiger partial charge < -0.3 is 10.2 Å². The van der Waals surface area contributed by atoms with E-state index in [-0.39, 0.29) is 37.7 Å². The average Bonchev–Trinajstić information content (AvgIpc) is 3.47. The molecule has 0 radical (unpaired) electrons. The number of fused-ring (bicyclic) bond motifs is 1. The number of aromatic nitrogens is 3. The van der Waals surface area contributed by atoms with E-state index in [2.05, 4.69) is 20.5 Å². The molecule has 0 bridgehead atoms. The van der Waals surface area contributed by atoms with Crippen LogP contribution in [0.15, 0.2) is 42.9 Å². The summed E-state index contributed by atoms with van der Waals surface area (Å²) in [5.41, 5.74) is -0.412. The third kappa shape index (κ3) is 4.77. The lowest BCUT2D eigenvalue weighted by atomic mass is 9.80. The van der Waals surface area contributed by atoms with Crippen molar-refractivity contribution in [1.82, 2.24) is 25.4 Å². The van der Waals surface area contributed by atoms with Crippen molar-refractivity contribution in [1.29, 1.82) is 0 Å². The van der Waals surface area contributed by atoms with Gasteiger partial charge in [-0.15, -0.1) is 0 Å². The first-order chi connectivity index (χ1) is 16.1. The van der Waals surface area contributed by atoms with E-state index >= 15 is 0 Å². The van der Waals surface area contributed by atoms with Crippen LogP contribution in [0.4, 0.5) is 17.6 Å². The van der Waals surface area contributed by atoms with Crippen LogP contribution < -0.4 is 5.32 Å². The predicted molar refractivity (Wildman–Crippen MR) is 120 cm³/mol. The molecule has 1 aliphatic rings. The lowest BCUT2D eigenvalue weighted by Gasteiger charge is -2.30. The van der Waals surface area contributed by atoms with Gasteiger partial charge in [-0.25, -0.2) is 4.39 Å². The maximum Gasteiger partial charge on any atom is 0.395 e. The van der Waals surface area contributed by atoms with Crippen LogP contribution in [0.2, 0.25) is 0 Å². The molecule has 34 heavy (non-hydrogen) atoms. The first-order valence-electron chi connectivity index (χ1n) is 11.1. The molecule has 1 amide bonds. The average molecular weight is 478 g/mol. The summed E-state index contributed by atoms with van der Waals surface area (Å²) in [7, 11) is 3.62. The number of carbonyl (C=O) groups excluding carboxylic acids is 1. The van der Waals surface area contributed by atoms with Crippen LogP contribution in [0.1, 0.15) is 36.3 Å². The van der Waals surface area contributed by atoms with Crippen molar-refractivity contribution < 1.29 is 22.4 Å². The maximum atomic E-state index is 14.9. The van der Waals surface area contributed by atoms with Gasteiger partial charge in [0.2, 0.25) is 5.91 Å². The van der Waals surface area contributed by atoms with E-state index in [0.29, 0.717) is 28.5 Å². The van der Waals surface area contributed by atoms with Gasteiger partial charge in [0.05, 0.1) is 22.5 Å². The fourth-order valence-electron chi connectivity index (χ4n) is 4.54. The number of nitrogens with one attached hydrogen (secondary N) is 2. The highest BCUT2D eigenvalue weighted by Crippen LogP contribution is 2.66. The molecular formula is C24H27F4N5O. The van der Waals surface area contributed by atoms with E-state index in [9.17, 15) is 22.4 Å². The number of likely N-dealkylation sites (N-methyl/N-ethyl adjacent to an activating group) is 1. The van der Waals surface area contributed by atoms with Gasteiger partial charge in [-0.3, -0.25) is 14.9 Å². The Morgan fingerprint density at radius 3 is 2.62 bits per heavy atom. The van der Waals surface area contributed by atoms with Crippen LogP contribution in [0, 0.1) is 11.2 Å². The smallest absolute Gasteiger partial charge is 0.355 e. The molecule has 2 N–H and O–H groups in total. The third-order valence-electron chi connectivity index (χ3n) is 6.86. The van der Waals surface area contributed by atoms with Gasteiger partial charge >= 0.3 is 6.18 Å². The van der Waals surface area contributed by atoms with Gasteiger partial charge in [-0.05, 0) is 56.6 Å². The number of hydrogen-bond acceptors (Lipinski definition) is 4. The molecule has 182 valence electrons. The van der Waals surface area contributed by atoms with E-state index < -0.39 is 23.4 Å². The van der Waals surface area contributed by atoms with Crippen molar-refractivity contribution >= 4 is 16.8 Å². The number of H-pyrrole nitrogens is 1. The second kappa shape index (κ2) is 9.32. The van der Waals surface area contributed by atoms with Crippen LogP contribution in [0.25, 0.3) is 10.9 Å². The number of carbonyl (C=O) groups is 1. The molecule has 0 unspecified atom stereocenters. The number of rotatable bonds is 9. The summed E-state index contributed by atoms with van der Waals surface area (Å²) in [5.74, 6) is -1.84. The third-order valence-corrected chi connectivity index (χ3v) is 6.86. The summed E-state index contributed by atoms with van der Waals surface area (Å²) in [6.45, 7) is 0.174. The summed E-state index contributed by atoms with van der Waals surface area (Å²) in [6.07, 6.45) is -0.0499. The highest BCUT2D eigenvalue weighted by molar-refractivity contribution is 5.79. The molecular weight excluding hydrogens is 450 g/mol. The Balaban J connectivity index is 1.45. The number of hydrogen-bond donors (Lipinski definition) is 2.